The van der Waals surface area contributed by atoms with Crippen LogP contribution in [0.5, 0.6) is 0 Å². The van der Waals surface area contributed by atoms with Gasteiger partial charge in [0.05, 0.1) is 11.7 Å². The van der Waals surface area contributed by atoms with E-state index in [-0.39, 0.29) is 11.9 Å². The van der Waals surface area contributed by atoms with Crippen molar-refractivity contribution in [3.05, 3.63) is 28.7 Å². The summed E-state index contributed by atoms with van der Waals surface area (Å²) >= 11 is 3.46. The van der Waals surface area contributed by atoms with Crippen LogP contribution in [0.25, 0.3) is 0 Å². The molecular formula is C11H13BrN2O. The molecule has 0 aromatic heterocycles. The molecule has 1 aromatic carbocycles. The van der Waals surface area contributed by atoms with E-state index in [9.17, 15) is 4.79 Å². The Kier molecular flexibility index (Phi) is 3.07. The minimum Gasteiger partial charge on any atom is -0.310 e. The van der Waals surface area contributed by atoms with E-state index in [4.69, 9.17) is 0 Å². The van der Waals surface area contributed by atoms with Gasteiger partial charge < -0.3 is 10.2 Å². The molecule has 1 heterocycles. The number of nitrogens with one attached hydrogen (secondary N) is 1. The quantitative estimate of drug-likeness (QED) is 0.887. The summed E-state index contributed by atoms with van der Waals surface area (Å²) < 4.78 is 0.968. The number of amides is 1. The SMILES string of the molecule is CNC1CCN(c2ccccc2Br)C1=O. The molecule has 0 bridgehead atoms. The lowest BCUT2D eigenvalue weighted by Gasteiger charge is -2.18. The summed E-state index contributed by atoms with van der Waals surface area (Å²) in [5.74, 6) is 0.157. The second-order valence-corrected chi connectivity index (χ2v) is 4.43. The molecule has 4 heteroatoms. The number of halogens is 1. The van der Waals surface area contributed by atoms with Gasteiger partial charge in [0.15, 0.2) is 0 Å². The van der Waals surface area contributed by atoms with Crippen LogP contribution in [-0.2, 0) is 4.79 Å². The second-order valence-electron chi connectivity index (χ2n) is 3.57. The van der Waals surface area contributed by atoms with E-state index in [1.165, 1.54) is 0 Å². The monoisotopic (exact) mass is 268 g/mol. The lowest BCUT2D eigenvalue weighted by molar-refractivity contribution is -0.118. The number of benzene rings is 1. The zero-order valence-corrected chi connectivity index (χ0v) is 10.1. The number of carbonyl (C=O) groups excluding carboxylic acids is 1. The standard InChI is InChI=1S/C11H13BrN2O/c1-13-9-6-7-14(11(9)15)10-5-3-2-4-8(10)12/h2-5,9,13H,6-7H2,1H3. The van der Waals surface area contributed by atoms with E-state index >= 15 is 0 Å². The second kappa shape index (κ2) is 4.33. The summed E-state index contributed by atoms with van der Waals surface area (Å²) in [6.07, 6.45) is 0.872. The molecule has 15 heavy (non-hydrogen) atoms. The molecule has 0 aliphatic carbocycles. The third-order valence-corrected chi connectivity index (χ3v) is 3.37. The molecule has 1 unspecified atom stereocenters. The highest BCUT2D eigenvalue weighted by Gasteiger charge is 2.31. The predicted molar refractivity (Wildman–Crippen MR) is 64.0 cm³/mol. The molecule has 1 aromatic rings. The Hall–Kier alpha value is -0.870. The zero-order valence-electron chi connectivity index (χ0n) is 8.53. The first-order valence-corrected chi connectivity index (χ1v) is 5.76. The highest BCUT2D eigenvalue weighted by atomic mass is 79.9. The van der Waals surface area contributed by atoms with E-state index in [0.29, 0.717) is 0 Å². The number of carbonyl (C=O) groups is 1. The minimum atomic E-state index is -0.0305. The molecule has 1 atom stereocenters. The maximum absolute atomic E-state index is 11.9. The molecule has 80 valence electrons. The molecule has 0 spiro atoms. The van der Waals surface area contributed by atoms with Crippen LogP contribution in [-0.4, -0.2) is 25.5 Å². The van der Waals surface area contributed by atoms with Crippen molar-refractivity contribution in [3.63, 3.8) is 0 Å². The van der Waals surface area contributed by atoms with Gasteiger partial charge in [-0.1, -0.05) is 12.1 Å². The summed E-state index contributed by atoms with van der Waals surface area (Å²) in [6, 6.07) is 7.77. The number of anilines is 1. The maximum atomic E-state index is 11.9. The summed E-state index contributed by atoms with van der Waals surface area (Å²) in [5.41, 5.74) is 0.959. The van der Waals surface area contributed by atoms with Gasteiger partial charge in [-0.2, -0.15) is 0 Å². The van der Waals surface area contributed by atoms with Crippen LogP contribution in [0.2, 0.25) is 0 Å². The zero-order chi connectivity index (χ0) is 10.8. The molecule has 1 saturated heterocycles. The average Bonchev–Trinajstić information content (AvgIpc) is 2.60. The molecule has 1 aliphatic rings. The Morgan fingerprint density at radius 1 is 1.47 bits per heavy atom. The first kappa shape index (κ1) is 10.6. The van der Waals surface area contributed by atoms with Gasteiger partial charge in [-0.3, -0.25) is 4.79 Å². The Morgan fingerprint density at radius 2 is 2.20 bits per heavy atom. The molecular weight excluding hydrogens is 256 g/mol. The predicted octanol–water partition coefficient (Wildman–Crippen LogP) is 1.77. The molecule has 1 amide bonds. The van der Waals surface area contributed by atoms with Gasteiger partial charge in [0.1, 0.15) is 0 Å². The normalized spacial score (nSPS) is 21.1. The van der Waals surface area contributed by atoms with Gasteiger partial charge in [-0.05, 0) is 41.5 Å². The molecule has 1 aliphatic heterocycles. The van der Waals surface area contributed by atoms with Crippen molar-refractivity contribution in [1.29, 1.82) is 0 Å². The Balaban J connectivity index is 2.27. The summed E-state index contributed by atoms with van der Waals surface area (Å²) in [4.78, 5) is 13.8. The number of hydrogen-bond acceptors (Lipinski definition) is 2. The molecule has 1 fully saturated rings. The van der Waals surface area contributed by atoms with Crippen LogP contribution in [0.3, 0.4) is 0 Å². The average molecular weight is 269 g/mol. The maximum Gasteiger partial charge on any atom is 0.244 e. The van der Waals surface area contributed by atoms with Crippen molar-refractivity contribution in [3.8, 4) is 0 Å². The number of para-hydroxylation sites is 1. The van der Waals surface area contributed by atoms with Crippen LogP contribution in [0, 0.1) is 0 Å². The minimum absolute atomic E-state index is 0.0305. The molecule has 2 rings (SSSR count). The fraction of sp³-hybridized carbons (Fsp3) is 0.364. The smallest absolute Gasteiger partial charge is 0.244 e. The van der Waals surface area contributed by atoms with Crippen molar-refractivity contribution in [2.75, 3.05) is 18.5 Å². The van der Waals surface area contributed by atoms with Crippen molar-refractivity contribution in [2.24, 2.45) is 0 Å². The van der Waals surface area contributed by atoms with Crippen LogP contribution in [0.4, 0.5) is 5.69 Å². The third kappa shape index (κ3) is 1.92. The third-order valence-electron chi connectivity index (χ3n) is 2.70. The van der Waals surface area contributed by atoms with Crippen LogP contribution >= 0.6 is 15.9 Å². The molecule has 0 radical (unpaired) electrons. The molecule has 0 saturated carbocycles. The van der Waals surface area contributed by atoms with E-state index in [2.05, 4.69) is 21.2 Å². The molecule has 1 N–H and O–H groups in total. The van der Waals surface area contributed by atoms with Gasteiger partial charge in [-0.15, -0.1) is 0 Å². The van der Waals surface area contributed by atoms with Gasteiger partial charge in [0.2, 0.25) is 5.91 Å². The Bertz CT molecular complexity index is 381. The topological polar surface area (TPSA) is 32.3 Å². The first-order valence-electron chi connectivity index (χ1n) is 4.97. The number of rotatable bonds is 2. The van der Waals surface area contributed by atoms with Crippen LogP contribution in [0.15, 0.2) is 28.7 Å². The summed E-state index contributed by atoms with van der Waals surface area (Å²) in [6.45, 7) is 0.785. The molecule has 3 nitrogen and oxygen atoms in total. The van der Waals surface area contributed by atoms with Crippen molar-refractivity contribution in [1.82, 2.24) is 5.32 Å². The summed E-state index contributed by atoms with van der Waals surface area (Å²) in [5, 5.41) is 3.03. The Labute approximate surface area is 97.6 Å². The van der Waals surface area contributed by atoms with E-state index < -0.39 is 0 Å². The number of likely N-dealkylation sites (N-methyl/N-ethyl adjacent to an activating group) is 1. The van der Waals surface area contributed by atoms with E-state index in [1.807, 2.05) is 36.2 Å². The fourth-order valence-electron chi connectivity index (χ4n) is 1.86. The van der Waals surface area contributed by atoms with E-state index in [0.717, 1.165) is 23.1 Å². The van der Waals surface area contributed by atoms with E-state index in [1.54, 1.807) is 0 Å². The number of hydrogen-bond donors (Lipinski definition) is 1. The fourth-order valence-corrected chi connectivity index (χ4v) is 2.36. The van der Waals surface area contributed by atoms with Crippen molar-refractivity contribution in [2.45, 2.75) is 12.5 Å². The summed E-state index contributed by atoms with van der Waals surface area (Å²) in [7, 11) is 1.83. The highest BCUT2D eigenvalue weighted by Crippen LogP contribution is 2.29. The largest absolute Gasteiger partial charge is 0.310 e. The lowest BCUT2D eigenvalue weighted by Crippen LogP contribution is -2.36. The van der Waals surface area contributed by atoms with Gasteiger partial charge in [-0.25, -0.2) is 0 Å². The highest BCUT2D eigenvalue weighted by molar-refractivity contribution is 9.10. The van der Waals surface area contributed by atoms with Gasteiger partial charge in [0.25, 0.3) is 0 Å². The first-order chi connectivity index (χ1) is 7.24. The van der Waals surface area contributed by atoms with Crippen LogP contribution < -0.4 is 10.2 Å². The van der Waals surface area contributed by atoms with Gasteiger partial charge >= 0.3 is 0 Å². The lowest BCUT2D eigenvalue weighted by atomic mass is 10.2. The number of nitrogens with zero attached hydrogens (tertiary/aromatic N) is 1. The Morgan fingerprint density at radius 3 is 2.80 bits per heavy atom. The van der Waals surface area contributed by atoms with Gasteiger partial charge in [0, 0.05) is 11.0 Å². The van der Waals surface area contributed by atoms with Crippen molar-refractivity contribution < 1.29 is 4.79 Å². The van der Waals surface area contributed by atoms with Crippen molar-refractivity contribution >= 4 is 27.5 Å². The van der Waals surface area contributed by atoms with Crippen LogP contribution in [0.1, 0.15) is 6.42 Å².